The first kappa shape index (κ1) is 26.0. The quantitative estimate of drug-likeness (QED) is 0.262. The third-order valence-corrected chi connectivity index (χ3v) is 8.01. The number of aryl methyl sites for hydroxylation is 1. The molecule has 0 unspecified atom stereocenters. The average Bonchev–Trinajstić information content (AvgIpc) is 3.15. The van der Waals surface area contributed by atoms with Gasteiger partial charge in [0.15, 0.2) is 0 Å². The Morgan fingerprint density at radius 2 is 1.57 bits per heavy atom. The first-order valence-electron chi connectivity index (χ1n) is 12.8. The molecule has 0 aliphatic carbocycles. The maximum atomic E-state index is 6.45. The van der Waals surface area contributed by atoms with Gasteiger partial charge in [0, 0.05) is 39.4 Å². The van der Waals surface area contributed by atoms with E-state index in [9.17, 15) is 0 Å². The van der Waals surface area contributed by atoms with Gasteiger partial charge in [-0.25, -0.2) is 4.98 Å². The SMILES string of the molecule is CCC(CC)(OSC)c1c(C)c(C)cc2c1nc1c3ccc(C(C)(C)C)nc3cc(C(C)(C)C)n21. The highest BCUT2D eigenvalue weighted by atomic mass is 32.2. The summed E-state index contributed by atoms with van der Waals surface area (Å²) in [6.07, 6.45) is 3.79. The van der Waals surface area contributed by atoms with E-state index in [0.29, 0.717) is 0 Å². The Bertz CT molecular complexity index is 1420. The maximum absolute atomic E-state index is 6.45. The zero-order chi connectivity index (χ0) is 25.9. The third kappa shape index (κ3) is 4.15. The van der Waals surface area contributed by atoms with Gasteiger partial charge >= 0.3 is 0 Å². The fourth-order valence-corrected chi connectivity index (χ4v) is 5.92. The Kier molecular flexibility index (Phi) is 6.51. The number of fused-ring (bicyclic) bond motifs is 5. The van der Waals surface area contributed by atoms with Crippen LogP contribution in [0.25, 0.3) is 27.6 Å². The van der Waals surface area contributed by atoms with Gasteiger partial charge in [0.2, 0.25) is 0 Å². The Labute approximate surface area is 215 Å². The molecule has 35 heavy (non-hydrogen) atoms. The monoisotopic (exact) mass is 491 g/mol. The Balaban J connectivity index is 2.25. The van der Waals surface area contributed by atoms with E-state index in [1.54, 1.807) is 0 Å². The molecular weight excluding hydrogens is 450 g/mol. The van der Waals surface area contributed by atoms with Crippen molar-refractivity contribution in [3.63, 3.8) is 0 Å². The molecule has 0 amide bonds. The van der Waals surface area contributed by atoms with Crippen LogP contribution in [-0.2, 0) is 20.6 Å². The van der Waals surface area contributed by atoms with Gasteiger partial charge < -0.3 is 4.18 Å². The van der Waals surface area contributed by atoms with Crippen LogP contribution in [0.5, 0.6) is 0 Å². The standard InChI is InChI=1S/C30H41N3OS/c1-12-30(13-2,34-35-11)25-19(4)18(3)16-22-26(25)32-27-20-14-15-23(28(5,6)7)31-21(20)17-24(33(22)27)29(8,9)10/h14-17H,12-13H2,1-11H3. The Morgan fingerprint density at radius 3 is 2.11 bits per heavy atom. The van der Waals surface area contributed by atoms with Gasteiger partial charge in [-0.15, -0.1) is 0 Å². The molecule has 3 aromatic heterocycles. The third-order valence-electron chi connectivity index (χ3n) is 7.53. The lowest BCUT2D eigenvalue weighted by Crippen LogP contribution is -2.27. The fourth-order valence-electron chi connectivity index (χ4n) is 5.28. The molecule has 4 rings (SSSR count). The largest absolute Gasteiger partial charge is 0.304 e. The summed E-state index contributed by atoms with van der Waals surface area (Å²) in [4.78, 5) is 10.5. The summed E-state index contributed by atoms with van der Waals surface area (Å²) in [5.41, 5.74) is 9.79. The van der Waals surface area contributed by atoms with Crippen molar-refractivity contribution in [2.45, 2.75) is 98.5 Å². The lowest BCUT2D eigenvalue weighted by Gasteiger charge is -2.33. The van der Waals surface area contributed by atoms with Crippen LogP contribution in [0.3, 0.4) is 0 Å². The minimum absolute atomic E-state index is 0.0131. The summed E-state index contributed by atoms with van der Waals surface area (Å²) in [6, 6.07) is 8.95. The summed E-state index contributed by atoms with van der Waals surface area (Å²) in [7, 11) is 0. The normalized spacial score (nSPS) is 13.5. The summed E-state index contributed by atoms with van der Waals surface area (Å²) in [6.45, 7) is 22.3. The van der Waals surface area contributed by atoms with E-state index in [4.69, 9.17) is 14.2 Å². The molecule has 4 aromatic rings. The van der Waals surface area contributed by atoms with E-state index in [-0.39, 0.29) is 16.4 Å². The minimum Gasteiger partial charge on any atom is -0.304 e. The van der Waals surface area contributed by atoms with Gasteiger partial charge in [-0.3, -0.25) is 9.38 Å². The van der Waals surface area contributed by atoms with Crippen LogP contribution in [0.2, 0.25) is 0 Å². The smallest absolute Gasteiger partial charge is 0.147 e. The predicted octanol–water partition coefficient (Wildman–Crippen LogP) is 8.56. The summed E-state index contributed by atoms with van der Waals surface area (Å²) in [5.74, 6) is 0. The number of hydrogen-bond donors (Lipinski definition) is 0. The molecule has 1 aromatic carbocycles. The summed E-state index contributed by atoms with van der Waals surface area (Å²) >= 11 is 1.45. The number of benzene rings is 1. The second-order valence-electron chi connectivity index (χ2n) is 11.9. The van der Waals surface area contributed by atoms with E-state index in [0.717, 1.165) is 46.1 Å². The molecule has 0 fully saturated rings. The molecule has 0 aliphatic rings. The maximum Gasteiger partial charge on any atom is 0.147 e. The average molecular weight is 492 g/mol. The van der Waals surface area contributed by atoms with Gasteiger partial charge in [-0.05, 0) is 74.1 Å². The van der Waals surface area contributed by atoms with Crippen molar-refractivity contribution in [2.75, 3.05) is 6.26 Å². The van der Waals surface area contributed by atoms with E-state index in [2.05, 4.69) is 97.9 Å². The Hall–Kier alpha value is -2.11. The number of nitrogens with zero attached hydrogens (tertiary/aromatic N) is 3. The number of pyridine rings is 2. The topological polar surface area (TPSA) is 39.4 Å². The highest BCUT2D eigenvalue weighted by Gasteiger charge is 2.36. The number of rotatable bonds is 5. The first-order valence-corrected chi connectivity index (χ1v) is 13.9. The molecule has 0 spiro atoms. The predicted molar refractivity (Wildman–Crippen MR) is 152 cm³/mol. The molecule has 0 saturated heterocycles. The van der Waals surface area contributed by atoms with Crippen LogP contribution in [0.1, 0.15) is 96.3 Å². The molecule has 5 heteroatoms. The highest BCUT2D eigenvalue weighted by Crippen LogP contribution is 2.44. The van der Waals surface area contributed by atoms with Crippen LogP contribution < -0.4 is 0 Å². The van der Waals surface area contributed by atoms with Gasteiger partial charge in [0.05, 0.1) is 16.6 Å². The van der Waals surface area contributed by atoms with E-state index in [1.165, 1.54) is 34.4 Å². The van der Waals surface area contributed by atoms with E-state index in [1.807, 2.05) is 6.26 Å². The minimum atomic E-state index is -0.388. The zero-order valence-corrected chi connectivity index (χ0v) is 24.2. The van der Waals surface area contributed by atoms with E-state index >= 15 is 0 Å². The lowest BCUT2D eigenvalue weighted by molar-refractivity contribution is 0.0853. The molecule has 0 saturated carbocycles. The van der Waals surface area contributed by atoms with Gasteiger partial charge in [-0.2, -0.15) is 0 Å². The van der Waals surface area contributed by atoms with E-state index < -0.39 is 0 Å². The van der Waals surface area contributed by atoms with Crippen LogP contribution in [0.15, 0.2) is 24.3 Å². The first-order chi connectivity index (χ1) is 16.3. The van der Waals surface area contributed by atoms with Crippen LogP contribution in [0, 0.1) is 13.8 Å². The number of hydrogen-bond acceptors (Lipinski definition) is 4. The van der Waals surface area contributed by atoms with Crippen molar-refractivity contribution in [1.29, 1.82) is 0 Å². The zero-order valence-electron chi connectivity index (χ0n) is 23.4. The van der Waals surface area contributed by atoms with Crippen molar-refractivity contribution in [3.8, 4) is 0 Å². The van der Waals surface area contributed by atoms with Crippen molar-refractivity contribution < 1.29 is 4.18 Å². The molecule has 4 nitrogen and oxygen atoms in total. The summed E-state index contributed by atoms with van der Waals surface area (Å²) < 4.78 is 8.82. The van der Waals surface area contributed by atoms with Crippen LogP contribution >= 0.6 is 12.0 Å². The van der Waals surface area contributed by atoms with Crippen LogP contribution in [-0.4, -0.2) is 20.6 Å². The second-order valence-corrected chi connectivity index (χ2v) is 12.4. The van der Waals surface area contributed by atoms with Crippen molar-refractivity contribution in [1.82, 2.24) is 14.4 Å². The molecule has 0 aliphatic heterocycles. The van der Waals surface area contributed by atoms with Crippen molar-refractivity contribution >= 4 is 39.6 Å². The number of imidazole rings is 1. The van der Waals surface area contributed by atoms with Gasteiger partial charge in [-0.1, -0.05) is 55.4 Å². The molecular formula is C30H41N3OS. The molecule has 188 valence electrons. The van der Waals surface area contributed by atoms with Crippen molar-refractivity contribution in [2.24, 2.45) is 0 Å². The molecule has 0 atom stereocenters. The highest BCUT2D eigenvalue weighted by molar-refractivity contribution is 7.93. The van der Waals surface area contributed by atoms with Gasteiger partial charge in [0.1, 0.15) is 11.2 Å². The number of aromatic nitrogens is 3. The second kappa shape index (κ2) is 8.77. The molecule has 0 N–H and O–H groups in total. The van der Waals surface area contributed by atoms with Crippen molar-refractivity contribution in [3.05, 3.63) is 52.3 Å². The Morgan fingerprint density at radius 1 is 0.914 bits per heavy atom. The lowest BCUT2D eigenvalue weighted by atomic mass is 9.83. The summed E-state index contributed by atoms with van der Waals surface area (Å²) in [5, 5.41) is 1.09. The molecule has 0 radical (unpaired) electrons. The molecule has 3 heterocycles. The molecule has 0 bridgehead atoms. The van der Waals surface area contributed by atoms with Gasteiger partial charge in [0.25, 0.3) is 0 Å². The fraction of sp³-hybridized carbons (Fsp3) is 0.533. The van der Waals surface area contributed by atoms with Crippen LogP contribution in [0.4, 0.5) is 0 Å².